The van der Waals surface area contributed by atoms with E-state index in [4.69, 9.17) is 32.4 Å². The van der Waals surface area contributed by atoms with E-state index in [0.29, 0.717) is 27.1 Å². The van der Waals surface area contributed by atoms with Crippen LogP contribution < -0.4 is 5.32 Å². The number of hydrogen-bond acceptors (Lipinski definition) is 4. The van der Waals surface area contributed by atoms with Crippen molar-refractivity contribution in [2.75, 3.05) is 0 Å². The van der Waals surface area contributed by atoms with Gasteiger partial charge in [0.2, 0.25) is 0 Å². The molecule has 2 rings (SSSR count). The normalized spacial score (nSPS) is 12.5. The molecular formula is C18H19Cl2NO5. The number of carboxylic acid groups (broad SMARTS) is 1. The molecule has 140 valence electrons. The van der Waals surface area contributed by atoms with Crippen molar-refractivity contribution >= 4 is 35.3 Å². The molecule has 1 aromatic heterocycles. The Labute approximate surface area is 161 Å². The molecule has 0 saturated carbocycles. The van der Waals surface area contributed by atoms with Crippen LogP contribution in [0, 0.1) is 0 Å². The SMILES string of the molecule is CC(C)(C)OC(=O)NC(Cc1ccc(-c2cc(Cl)ccc2Cl)o1)C(=O)O. The Kier molecular flexibility index (Phi) is 6.21. The van der Waals surface area contributed by atoms with Crippen LogP contribution in [0.4, 0.5) is 4.79 Å². The van der Waals surface area contributed by atoms with Crippen LogP contribution in [-0.2, 0) is 16.0 Å². The summed E-state index contributed by atoms with van der Waals surface area (Å²) in [6.07, 6.45) is -0.859. The summed E-state index contributed by atoms with van der Waals surface area (Å²) in [6.45, 7) is 5.07. The second-order valence-electron chi connectivity index (χ2n) is 6.63. The Morgan fingerprint density at radius 2 is 1.92 bits per heavy atom. The molecule has 8 heteroatoms. The first kappa shape index (κ1) is 20.1. The molecule has 0 aliphatic carbocycles. The quantitative estimate of drug-likeness (QED) is 0.755. The lowest BCUT2D eigenvalue weighted by molar-refractivity contribution is -0.139. The molecule has 1 heterocycles. The van der Waals surface area contributed by atoms with Gasteiger partial charge in [0.05, 0.1) is 5.02 Å². The molecule has 1 amide bonds. The van der Waals surface area contributed by atoms with E-state index in [1.165, 1.54) is 0 Å². The van der Waals surface area contributed by atoms with Gasteiger partial charge in [-0.1, -0.05) is 23.2 Å². The second kappa shape index (κ2) is 8.01. The molecule has 2 N–H and O–H groups in total. The third-order valence-electron chi connectivity index (χ3n) is 3.25. The standard InChI is InChI=1S/C18H19Cl2NO5/c1-18(2,3)26-17(24)21-14(16(22)23)9-11-5-7-15(25-11)12-8-10(19)4-6-13(12)20/h4-8,14H,9H2,1-3H3,(H,21,24)(H,22,23). The van der Waals surface area contributed by atoms with Gasteiger partial charge in [-0.2, -0.15) is 0 Å². The van der Waals surface area contributed by atoms with Crippen LogP contribution >= 0.6 is 23.2 Å². The lowest BCUT2D eigenvalue weighted by Crippen LogP contribution is -2.44. The first-order valence-electron chi connectivity index (χ1n) is 7.81. The zero-order valence-electron chi connectivity index (χ0n) is 14.5. The molecule has 0 bridgehead atoms. The van der Waals surface area contributed by atoms with E-state index >= 15 is 0 Å². The van der Waals surface area contributed by atoms with Crippen molar-refractivity contribution in [2.24, 2.45) is 0 Å². The molecule has 0 aliphatic heterocycles. The summed E-state index contributed by atoms with van der Waals surface area (Å²) in [5, 5.41) is 12.6. The smallest absolute Gasteiger partial charge is 0.408 e. The van der Waals surface area contributed by atoms with Gasteiger partial charge in [0.1, 0.15) is 23.2 Å². The van der Waals surface area contributed by atoms with Crippen LogP contribution in [0.15, 0.2) is 34.7 Å². The number of carbonyl (C=O) groups excluding carboxylic acids is 1. The number of halogens is 2. The first-order chi connectivity index (χ1) is 12.0. The van der Waals surface area contributed by atoms with E-state index < -0.39 is 23.7 Å². The molecule has 1 unspecified atom stereocenters. The summed E-state index contributed by atoms with van der Waals surface area (Å²) in [5.41, 5.74) is -0.133. The topological polar surface area (TPSA) is 88.8 Å². The number of amides is 1. The minimum atomic E-state index is -1.20. The fourth-order valence-corrected chi connectivity index (χ4v) is 2.55. The molecule has 0 fully saturated rings. The lowest BCUT2D eigenvalue weighted by Gasteiger charge is -2.21. The molecule has 0 aliphatic rings. The van der Waals surface area contributed by atoms with Crippen LogP contribution in [0.5, 0.6) is 0 Å². The average Bonchev–Trinajstić information content (AvgIpc) is 2.95. The summed E-state index contributed by atoms with van der Waals surface area (Å²) in [6, 6.07) is 7.05. The molecular weight excluding hydrogens is 381 g/mol. The fourth-order valence-electron chi connectivity index (χ4n) is 2.17. The van der Waals surface area contributed by atoms with Gasteiger partial charge in [0.15, 0.2) is 0 Å². The summed E-state index contributed by atoms with van der Waals surface area (Å²) < 4.78 is 10.8. The largest absolute Gasteiger partial charge is 0.480 e. The van der Waals surface area contributed by atoms with Gasteiger partial charge in [-0.25, -0.2) is 9.59 Å². The van der Waals surface area contributed by atoms with Gasteiger partial charge in [-0.3, -0.25) is 0 Å². The average molecular weight is 400 g/mol. The van der Waals surface area contributed by atoms with Crippen LogP contribution in [-0.4, -0.2) is 28.8 Å². The van der Waals surface area contributed by atoms with Gasteiger partial charge in [0.25, 0.3) is 0 Å². The number of alkyl carbamates (subject to hydrolysis) is 1. The second-order valence-corrected chi connectivity index (χ2v) is 7.47. The third-order valence-corrected chi connectivity index (χ3v) is 3.81. The van der Waals surface area contributed by atoms with E-state index in [0.717, 1.165) is 0 Å². The highest BCUT2D eigenvalue weighted by molar-refractivity contribution is 6.35. The van der Waals surface area contributed by atoms with Crippen LogP contribution in [0.3, 0.4) is 0 Å². The van der Waals surface area contributed by atoms with Crippen molar-refractivity contribution in [3.8, 4) is 11.3 Å². The molecule has 0 saturated heterocycles. The highest BCUT2D eigenvalue weighted by atomic mass is 35.5. The number of aliphatic carboxylic acids is 1. The van der Waals surface area contributed by atoms with E-state index in [1.807, 2.05) is 0 Å². The summed E-state index contributed by atoms with van der Waals surface area (Å²) in [4.78, 5) is 23.2. The minimum Gasteiger partial charge on any atom is -0.480 e. The predicted molar refractivity (Wildman–Crippen MR) is 98.7 cm³/mol. The van der Waals surface area contributed by atoms with E-state index in [-0.39, 0.29) is 6.42 Å². The minimum absolute atomic E-state index is 0.0488. The summed E-state index contributed by atoms with van der Waals surface area (Å²) in [5.74, 6) is -0.372. The van der Waals surface area contributed by atoms with Crippen molar-refractivity contribution in [1.82, 2.24) is 5.32 Å². The summed E-state index contributed by atoms with van der Waals surface area (Å²) >= 11 is 12.1. The molecule has 0 spiro atoms. The van der Waals surface area contributed by atoms with Gasteiger partial charge in [0, 0.05) is 17.0 Å². The molecule has 6 nitrogen and oxygen atoms in total. The number of benzene rings is 1. The Balaban J connectivity index is 2.13. The Morgan fingerprint density at radius 3 is 2.54 bits per heavy atom. The van der Waals surface area contributed by atoms with Crippen molar-refractivity contribution in [3.63, 3.8) is 0 Å². The number of ether oxygens (including phenoxy) is 1. The third kappa shape index (κ3) is 5.68. The maximum Gasteiger partial charge on any atom is 0.408 e. The zero-order valence-corrected chi connectivity index (χ0v) is 16.0. The van der Waals surface area contributed by atoms with Gasteiger partial charge in [-0.05, 0) is 51.1 Å². The van der Waals surface area contributed by atoms with Gasteiger partial charge in [-0.15, -0.1) is 0 Å². The molecule has 1 atom stereocenters. The monoisotopic (exact) mass is 399 g/mol. The van der Waals surface area contributed by atoms with E-state index in [9.17, 15) is 14.7 Å². The molecule has 2 aromatic rings. The Morgan fingerprint density at radius 1 is 1.23 bits per heavy atom. The number of furan rings is 1. The number of carbonyl (C=O) groups is 2. The van der Waals surface area contributed by atoms with Crippen molar-refractivity contribution < 1.29 is 23.8 Å². The Hall–Kier alpha value is -2.18. The van der Waals surface area contributed by atoms with Crippen LogP contribution in [0.25, 0.3) is 11.3 Å². The lowest BCUT2D eigenvalue weighted by atomic mass is 10.1. The maximum absolute atomic E-state index is 11.8. The highest BCUT2D eigenvalue weighted by Crippen LogP contribution is 2.32. The van der Waals surface area contributed by atoms with Gasteiger partial charge >= 0.3 is 12.1 Å². The molecule has 1 aromatic carbocycles. The number of hydrogen-bond donors (Lipinski definition) is 2. The predicted octanol–water partition coefficient (Wildman–Crippen LogP) is 4.77. The fraction of sp³-hybridized carbons (Fsp3) is 0.333. The van der Waals surface area contributed by atoms with Crippen molar-refractivity contribution in [2.45, 2.75) is 38.8 Å². The highest BCUT2D eigenvalue weighted by Gasteiger charge is 2.25. The summed E-state index contributed by atoms with van der Waals surface area (Å²) in [7, 11) is 0. The van der Waals surface area contributed by atoms with Crippen LogP contribution in [0.2, 0.25) is 10.0 Å². The van der Waals surface area contributed by atoms with Crippen LogP contribution in [0.1, 0.15) is 26.5 Å². The zero-order chi connectivity index (χ0) is 19.5. The van der Waals surface area contributed by atoms with E-state index in [1.54, 1.807) is 51.1 Å². The van der Waals surface area contributed by atoms with Crippen molar-refractivity contribution in [1.29, 1.82) is 0 Å². The number of nitrogens with one attached hydrogen (secondary N) is 1. The molecule has 0 radical (unpaired) electrons. The number of carboxylic acids is 1. The first-order valence-corrected chi connectivity index (χ1v) is 8.57. The van der Waals surface area contributed by atoms with Gasteiger partial charge < -0.3 is 19.6 Å². The molecule has 26 heavy (non-hydrogen) atoms. The van der Waals surface area contributed by atoms with E-state index in [2.05, 4.69) is 5.32 Å². The number of rotatable bonds is 5. The van der Waals surface area contributed by atoms with Crippen molar-refractivity contribution in [3.05, 3.63) is 46.1 Å². The maximum atomic E-state index is 11.8. The Bertz CT molecular complexity index is 810.